The Morgan fingerprint density at radius 3 is 2.75 bits per heavy atom. The minimum absolute atomic E-state index is 0.147. The maximum absolute atomic E-state index is 12.0. The third-order valence-corrected chi connectivity index (χ3v) is 5.41. The summed E-state index contributed by atoms with van der Waals surface area (Å²) in [6.07, 6.45) is 5.97. The van der Waals surface area contributed by atoms with Crippen molar-refractivity contribution < 1.29 is 4.79 Å². The molecule has 20 heavy (non-hydrogen) atoms. The zero-order valence-corrected chi connectivity index (χ0v) is 12.9. The second-order valence-electron chi connectivity index (χ2n) is 6.15. The summed E-state index contributed by atoms with van der Waals surface area (Å²) < 4.78 is 0. The van der Waals surface area contributed by atoms with Gasteiger partial charge in [0.05, 0.1) is 0 Å². The number of carbonyl (C=O) groups is 1. The highest BCUT2D eigenvalue weighted by Gasteiger charge is 2.39. The molecule has 2 saturated carbocycles. The lowest BCUT2D eigenvalue weighted by molar-refractivity contribution is -0.122. The number of amides is 1. The molecule has 2 nitrogen and oxygen atoms in total. The minimum Gasteiger partial charge on any atom is -0.352 e. The van der Waals surface area contributed by atoms with Gasteiger partial charge in [-0.25, -0.2) is 0 Å². The molecule has 108 valence electrons. The fraction of sp³-hybridized carbons (Fsp3) is 0.562. The smallest absolute Gasteiger partial charge is 0.220 e. The molecular formula is C16H19Cl2NO. The van der Waals surface area contributed by atoms with Crippen LogP contribution in [-0.2, 0) is 11.3 Å². The Labute approximate surface area is 129 Å². The van der Waals surface area contributed by atoms with Gasteiger partial charge in [0.25, 0.3) is 0 Å². The maximum Gasteiger partial charge on any atom is 0.220 e. The van der Waals surface area contributed by atoms with Crippen molar-refractivity contribution in [2.24, 2.45) is 17.8 Å². The van der Waals surface area contributed by atoms with E-state index in [1.807, 2.05) is 6.07 Å². The van der Waals surface area contributed by atoms with Crippen molar-refractivity contribution in [3.05, 3.63) is 33.8 Å². The highest BCUT2D eigenvalue weighted by Crippen LogP contribution is 2.49. The molecule has 2 aliphatic rings. The molecule has 0 heterocycles. The zero-order valence-electron chi connectivity index (χ0n) is 11.4. The first-order chi connectivity index (χ1) is 9.61. The van der Waals surface area contributed by atoms with Crippen LogP contribution in [0.2, 0.25) is 10.0 Å². The first-order valence-corrected chi connectivity index (χ1v) is 8.08. The first kappa shape index (κ1) is 14.2. The van der Waals surface area contributed by atoms with Gasteiger partial charge >= 0.3 is 0 Å². The van der Waals surface area contributed by atoms with Crippen LogP contribution < -0.4 is 5.32 Å². The lowest BCUT2D eigenvalue weighted by Crippen LogP contribution is -2.27. The molecule has 1 aromatic carbocycles. The molecule has 2 aliphatic carbocycles. The molecule has 0 radical (unpaired) electrons. The lowest BCUT2D eigenvalue weighted by Gasteiger charge is -2.21. The van der Waals surface area contributed by atoms with Gasteiger partial charge in [-0.3, -0.25) is 4.79 Å². The summed E-state index contributed by atoms with van der Waals surface area (Å²) in [4.78, 5) is 12.0. The van der Waals surface area contributed by atoms with Crippen molar-refractivity contribution >= 4 is 29.1 Å². The number of hydrogen-bond donors (Lipinski definition) is 1. The summed E-state index contributed by atoms with van der Waals surface area (Å²) in [5.74, 6) is 2.44. The molecule has 0 unspecified atom stereocenters. The van der Waals surface area contributed by atoms with Crippen LogP contribution in [0.5, 0.6) is 0 Å². The van der Waals surface area contributed by atoms with E-state index < -0.39 is 0 Å². The quantitative estimate of drug-likeness (QED) is 0.875. The monoisotopic (exact) mass is 311 g/mol. The molecule has 0 aliphatic heterocycles. The van der Waals surface area contributed by atoms with Crippen LogP contribution in [0.25, 0.3) is 0 Å². The number of nitrogens with one attached hydrogen (secondary N) is 1. The summed E-state index contributed by atoms with van der Waals surface area (Å²) in [6.45, 7) is 0.482. The van der Waals surface area contributed by atoms with Crippen molar-refractivity contribution in [3.8, 4) is 0 Å². The zero-order chi connectivity index (χ0) is 14.1. The number of fused-ring (bicyclic) bond motifs is 2. The maximum atomic E-state index is 12.0. The number of benzene rings is 1. The van der Waals surface area contributed by atoms with E-state index in [4.69, 9.17) is 23.2 Å². The van der Waals surface area contributed by atoms with Gasteiger partial charge in [-0.15, -0.1) is 0 Å². The van der Waals surface area contributed by atoms with E-state index in [2.05, 4.69) is 5.32 Å². The minimum atomic E-state index is 0.147. The fourth-order valence-electron chi connectivity index (χ4n) is 3.80. The van der Waals surface area contributed by atoms with E-state index in [1.165, 1.54) is 25.7 Å². The predicted octanol–water partition coefficient (Wildman–Crippen LogP) is 4.44. The van der Waals surface area contributed by atoms with Crippen molar-refractivity contribution in [1.82, 2.24) is 5.32 Å². The molecule has 4 heteroatoms. The molecule has 0 spiro atoms. The molecule has 2 bridgehead atoms. The van der Waals surface area contributed by atoms with E-state index in [0.29, 0.717) is 28.9 Å². The molecular weight excluding hydrogens is 293 g/mol. The highest BCUT2D eigenvalue weighted by atomic mass is 35.5. The second-order valence-corrected chi connectivity index (χ2v) is 7.00. The van der Waals surface area contributed by atoms with Crippen LogP contribution in [0.3, 0.4) is 0 Å². The normalized spacial score (nSPS) is 27.8. The van der Waals surface area contributed by atoms with Crippen LogP contribution in [0.1, 0.15) is 37.7 Å². The van der Waals surface area contributed by atoms with Crippen LogP contribution in [-0.4, -0.2) is 5.91 Å². The molecule has 3 rings (SSSR count). The van der Waals surface area contributed by atoms with Gasteiger partial charge in [-0.05, 0) is 54.7 Å². The molecule has 1 amide bonds. The SMILES string of the molecule is O=C(C[C@@H]1C[C@H]2CC[C@@H]1C2)NCc1ccc(Cl)cc1Cl. The van der Waals surface area contributed by atoms with Crippen molar-refractivity contribution in [2.75, 3.05) is 0 Å². The van der Waals surface area contributed by atoms with E-state index in [1.54, 1.807) is 12.1 Å². The Morgan fingerprint density at radius 2 is 2.10 bits per heavy atom. The largest absolute Gasteiger partial charge is 0.352 e. The van der Waals surface area contributed by atoms with Crippen LogP contribution in [0.15, 0.2) is 18.2 Å². The summed E-state index contributed by atoms with van der Waals surface area (Å²) in [7, 11) is 0. The summed E-state index contributed by atoms with van der Waals surface area (Å²) in [6, 6.07) is 5.37. The first-order valence-electron chi connectivity index (χ1n) is 7.32. The van der Waals surface area contributed by atoms with E-state index in [-0.39, 0.29) is 5.91 Å². The predicted molar refractivity (Wildman–Crippen MR) is 81.9 cm³/mol. The van der Waals surface area contributed by atoms with E-state index >= 15 is 0 Å². The Hall–Kier alpha value is -0.730. The van der Waals surface area contributed by atoms with Gasteiger partial charge in [0.1, 0.15) is 0 Å². The Balaban J connectivity index is 1.49. The number of rotatable bonds is 4. The molecule has 0 saturated heterocycles. The number of hydrogen-bond acceptors (Lipinski definition) is 1. The van der Waals surface area contributed by atoms with Crippen molar-refractivity contribution in [2.45, 2.75) is 38.6 Å². The van der Waals surface area contributed by atoms with Gasteiger partial charge in [0.15, 0.2) is 0 Å². The van der Waals surface area contributed by atoms with Crippen molar-refractivity contribution in [1.29, 1.82) is 0 Å². The molecule has 0 aromatic heterocycles. The molecule has 3 atom stereocenters. The van der Waals surface area contributed by atoms with Gasteiger partial charge in [-0.1, -0.05) is 35.7 Å². The third-order valence-electron chi connectivity index (χ3n) is 4.82. The summed E-state index contributed by atoms with van der Waals surface area (Å²) in [5, 5.41) is 4.21. The Bertz CT molecular complexity index is 517. The van der Waals surface area contributed by atoms with Crippen LogP contribution >= 0.6 is 23.2 Å². The van der Waals surface area contributed by atoms with Crippen LogP contribution in [0.4, 0.5) is 0 Å². The Morgan fingerprint density at radius 1 is 1.25 bits per heavy atom. The fourth-order valence-corrected chi connectivity index (χ4v) is 4.27. The van der Waals surface area contributed by atoms with Gasteiger partial charge in [0.2, 0.25) is 5.91 Å². The average Bonchev–Trinajstić information content (AvgIpc) is 3.00. The standard InChI is InChI=1S/C16H19Cl2NO/c17-14-4-3-12(15(18)8-14)9-19-16(20)7-13-6-10-1-2-11(13)5-10/h3-4,8,10-11,13H,1-2,5-7,9H2,(H,19,20)/t10-,11+,13-/m0/s1. The van der Waals surface area contributed by atoms with Crippen LogP contribution in [0, 0.1) is 17.8 Å². The lowest BCUT2D eigenvalue weighted by atomic mass is 9.86. The summed E-state index contributed by atoms with van der Waals surface area (Å²) >= 11 is 12.0. The average molecular weight is 312 g/mol. The van der Waals surface area contributed by atoms with Gasteiger partial charge in [-0.2, -0.15) is 0 Å². The molecule has 1 aromatic rings. The second kappa shape index (κ2) is 5.95. The van der Waals surface area contributed by atoms with Crippen molar-refractivity contribution in [3.63, 3.8) is 0 Å². The molecule has 1 N–H and O–H groups in total. The molecule has 2 fully saturated rings. The Kier molecular flexibility index (Phi) is 4.23. The summed E-state index contributed by atoms with van der Waals surface area (Å²) in [5.41, 5.74) is 0.914. The topological polar surface area (TPSA) is 29.1 Å². The highest BCUT2D eigenvalue weighted by molar-refractivity contribution is 6.35. The van der Waals surface area contributed by atoms with Gasteiger partial charge < -0.3 is 5.32 Å². The van der Waals surface area contributed by atoms with E-state index in [0.717, 1.165) is 17.4 Å². The van der Waals surface area contributed by atoms with E-state index in [9.17, 15) is 4.79 Å². The number of carbonyl (C=O) groups excluding carboxylic acids is 1. The third kappa shape index (κ3) is 3.12. The number of halogens is 2. The van der Waals surface area contributed by atoms with Gasteiger partial charge in [0, 0.05) is 23.0 Å².